The van der Waals surface area contributed by atoms with Crippen LogP contribution in [-0.2, 0) is 32.6 Å². The lowest BCUT2D eigenvalue weighted by Gasteiger charge is -2.35. The van der Waals surface area contributed by atoms with Crippen molar-refractivity contribution in [1.82, 2.24) is 10.2 Å². The molecule has 2 amide bonds. The van der Waals surface area contributed by atoms with E-state index in [4.69, 9.17) is 34.8 Å². The van der Waals surface area contributed by atoms with E-state index in [0.717, 1.165) is 16.1 Å². The van der Waals surface area contributed by atoms with Gasteiger partial charge in [-0.3, -0.25) is 13.9 Å². The maximum absolute atomic E-state index is 14.1. The van der Waals surface area contributed by atoms with Crippen LogP contribution in [-0.4, -0.2) is 49.5 Å². The number of carbonyl (C=O) groups excluding carboxylic acids is 2. The van der Waals surface area contributed by atoms with Crippen LogP contribution < -0.4 is 9.62 Å². The Balaban J connectivity index is 2.09. The second-order valence-corrected chi connectivity index (χ2v) is 13.6. The first-order chi connectivity index (χ1) is 18.6. The van der Waals surface area contributed by atoms with Crippen molar-refractivity contribution in [2.24, 2.45) is 0 Å². The van der Waals surface area contributed by atoms with Gasteiger partial charge in [0, 0.05) is 23.5 Å². The number of anilines is 1. The lowest BCUT2D eigenvalue weighted by molar-refractivity contribution is -0.140. The Kier molecular flexibility index (Phi) is 10.5. The fraction of sp³-hybridized carbons (Fsp3) is 0.310. The number of hydrogen-bond donors (Lipinski definition) is 1. The summed E-state index contributed by atoms with van der Waals surface area (Å²) < 4.78 is 26.7. The molecule has 0 aliphatic rings. The number of rotatable bonds is 10. The van der Waals surface area contributed by atoms with Crippen molar-refractivity contribution in [2.75, 3.05) is 17.1 Å². The molecule has 214 valence electrons. The molecule has 1 N–H and O–H groups in total. The van der Waals surface area contributed by atoms with Crippen molar-refractivity contribution >= 4 is 62.3 Å². The zero-order valence-corrected chi connectivity index (χ0v) is 25.8. The molecule has 0 heterocycles. The van der Waals surface area contributed by atoms with E-state index >= 15 is 0 Å². The van der Waals surface area contributed by atoms with Gasteiger partial charge >= 0.3 is 0 Å². The highest BCUT2D eigenvalue weighted by Gasteiger charge is 2.34. The Bertz CT molecular complexity index is 1460. The van der Waals surface area contributed by atoms with E-state index in [1.54, 1.807) is 24.3 Å². The third-order valence-electron chi connectivity index (χ3n) is 5.88. The van der Waals surface area contributed by atoms with Gasteiger partial charge in [0.1, 0.15) is 12.6 Å². The zero-order valence-electron chi connectivity index (χ0n) is 22.7. The van der Waals surface area contributed by atoms with Gasteiger partial charge in [-0.2, -0.15) is 0 Å². The Hall–Kier alpha value is -2.78. The number of amides is 2. The molecular weight excluding hydrogens is 593 g/mol. The summed E-state index contributed by atoms with van der Waals surface area (Å²) in [6, 6.07) is 19.6. The Morgan fingerprint density at radius 3 is 2.10 bits per heavy atom. The molecule has 1 atom stereocenters. The van der Waals surface area contributed by atoms with E-state index in [-0.39, 0.29) is 34.6 Å². The van der Waals surface area contributed by atoms with Crippen molar-refractivity contribution in [3.63, 3.8) is 0 Å². The molecule has 0 aromatic heterocycles. The van der Waals surface area contributed by atoms with Gasteiger partial charge in [0.2, 0.25) is 21.8 Å². The fourth-order valence-electron chi connectivity index (χ4n) is 4.09. The van der Waals surface area contributed by atoms with Gasteiger partial charge in [-0.1, -0.05) is 77.3 Å². The number of nitrogens with zero attached hydrogens (tertiary/aromatic N) is 2. The zero-order chi connectivity index (χ0) is 29.7. The molecule has 40 heavy (non-hydrogen) atoms. The summed E-state index contributed by atoms with van der Waals surface area (Å²) in [6.45, 7) is 5.01. The van der Waals surface area contributed by atoms with Crippen LogP contribution in [0.3, 0.4) is 0 Å². The first-order valence-electron chi connectivity index (χ1n) is 12.5. The fourth-order valence-corrected chi connectivity index (χ4v) is 5.44. The van der Waals surface area contributed by atoms with Gasteiger partial charge < -0.3 is 10.2 Å². The third-order valence-corrected chi connectivity index (χ3v) is 8.00. The van der Waals surface area contributed by atoms with Gasteiger partial charge in [0.25, 0.3) is 0 Å². The minimum atomic E-state index is -3.93. The summed E-state index contributed by atoms with van der Waals surface area (Å²) in [7, 11) is -3.93. The number of hydrogen-bond acceptors (Lipinski definition) is 4. The van der Waals surface area contributed by atoms with Crippen LogP contribution in [0.5, 0.6) is 0 Å². The average molecular weight is 625 g/mol. The van der Waals surface area contributed by atoms with E-state index in [1.807, 2.05) is 51.1 Å². The van der Waals surface area contributed by atoms with E-state index in [0.29, 0.717) is 10.6 Å². The molecule has 0 spiro atoms. The van der Waals surface area contributed by atoms with E-state index in [1.165, 1.54) is 23.1 Å². The van der Waals surface area contributed by atoms with Gasteiger partial charge in [-0.15, -0.1) is 0 Å². The Morgan fingerprint density at radius 2 is 1.52 bits per heavy atom. The van der Waals surface area contributed by atoms with Crippen LogP contribution in [0.15, 0.2) is 72.8 Å². The second kappa shape index (κ2) is 13.3. The van der Waals surface area contributed by atoms with Gasteiger partial charge in [0.15, 0.2) is 0 Å². The maximum Gasteiger partial charge on any atom is 0.244 e. The van der Waals surface area contributed by atoms with Crippen LogP contribution in [0.2, 0.25) is 15.1 Å². The molecule has 7 nitrogen and oxygen atoms in total. The summed E-state index contributed by atoms with van der Waals surface area (Å²) in [6.07, 6.45) is 1.21. The molecule has 0 fully saturated rings. The summed E-state index contributed by atoms with van der Waals surface area (Å²) in [5, 5.41) is 3.83. The average Bonchev–Trinajstić information content (AvgIpc) is 2.85. The molecule has 0 saturated carbocycles. The van der Waals surface area contributed by atoms with Crippen LogP contribution in [0, 0.1) is 0 Å². The van der Waals surface area contributed by atoms with Gasteiger partial charge in [-0.25, -0.2) is 8.42 Å². The van der Waals surface area contributed by atoms with E-state index < -0.39 is 34.1 Å². The largest absolute Gasteiger partial charge is 0.350 e. The highest BCUT2D eigenvalue weighted by Crippen LogP contribution is 2.29. The van der Waals surface area contributed by atoms with Crippen LogP contribution in [0.1, 0.15) is 31.9 Å². The van der Waals surface area contributed by atoms with E-state index in [9.17, 15) is 18.0 Å². The minimum absolute atomic E-state index is 0.0213. The van der Waals surface area contributed by atoms with Gasteiger partial charge in [0.05, 0.1) is 22.0 Å². The molecule has 3 aromatic rings. The number of carbonyl (C=O) groups is 2. The molecule has 3 rings (SSSR count). The summed E-state index contributed by atoms with van der Waals surface area (Å²) in [5.74, 6) is -0.950. The van der Waals surface area contributed by atoms with Crippen molar-refractivity contribution in [2.45, 2.75) is 45.3 Å². The molecule has 3 aromatic carbocycles. The van der Waals surface area contributed by atoms with Gasteiger partial charge in [-0.05, 0) is 62.2 Å². The quantitative estimate of drug-likeness (QED) is 0.301. The third kappa shape index (κ3) is 9.13. The van der Waals surface area contributed by atoms with Crippen molar-refractivity contribution in [1.29, 1.82) is 0 Å². The lowest BCUT2D eigenvalue weighted by atomic mass is 10.0. The standard InChI is InChI=1S/C29H32Cl3N3O4S/c1-29(2,3)33-28(37)26(16-20-9-6-5-7-10-20)34(18-21-11-8-12-22(30)15-21)27(36)19-35(40(4,38)39)23-13-14-24(31)25(32)17-23/h5-15,17,26H,16,18-19H2,1-4H3,(H,33,37)/t26-/m0/s1. The highest BCUT2D eigenvalue weighted by molar-refractivity contribution is 7.92. The number of nitrogens with one attached hydrogen (secondary N) is 1. The summed E-state index contributed by atoms with van der Waals surface area (Å²) in [5.41, 5.74) is 1.12. The Morgan fingerprint density at radius 1 is 0.875 bits per heavy atom. The van der Waals surface area contributed by atoms with Crippen molar-refractivity contribution < 1.29 is 18.0 Å². The van der Waals surface area contributed by atoms with E-state index in [2.05, 4.69) is 5.32 Å². The smallest absolute Gasteiger partial charge is 0.244 e. The molecule has 11 heteroatoms. The van der Waals surface area contributed by atoms with Crippen LogP contribution in [0.25, 0.3) is 0 Å². The van der Waals surface area contributed by atoms with Crippen LogP contribution in [0.4, 0.5) is 5.69 Å². The number of halogens is 3. The predicted molar refractivity (Wildman–Crippen MR) is 162 cm³/mol. The van der Waals surface area contributed by atoms with Crippen molar-refractivity contribution in [3.05, 3.63) is 99.0 Å². The topological polar surface area (TPSA) is 86.8 Å². The first kappa shape index (κ1) is 31.7. The Labute approximate surface area is 251 Å². The SMILES string of the molecule is CC(C)(C)NC(=O)[C@H](Cc1ccccc1)N(Cc1cccc(Cl)c1)C(=O)CN(c1ccc(Cl)c(Cl)c1)S(C)(=O)=O. The normalized spacial score (nSPS) is 12.5. The number of benzene rings is 3. The first-order valence-corrected chi connectivity index (χ1v) is 15.4. The summed E-state index contributed by atoms with van der Waals surface area (Å²) >= 11 is 18.4. The molecule has 0 aliphatic heterocycles. The highest BCUT2D eigenvalue weighted by atomic mass is 35.5. The molecule has 0 unspecified atom stereocenters. The minimum Gasteiger partial charge on any atom is -0.350 e. The molecule has 0 saturated heterocycles. The molecule has 0 radical (unpaired) electrons. The van der Waals surface area contributed by atoms with Crippen LogP contribution >= 0.6 is 34.8 Å². The lowest BCUT2D eigenvalue weighted by Crippen LogP contribution is -2.56. The predicted octanol–water partition coefficient (Wildman–Crippen LogP) is 5.97. The molecular formula is C29H32Cl3N3O4S. The number of sulfonamides is 1. The monoisotopic (exact) mass is 623 g/mol. The maximum atomic E-state index is 14.1. The molecule has 0 bridgehead atoms. The second-order valence-electron chi connectivity index (χ2n) is 10.5. The molecule has 0 aliphatic carbocycles. The van der Waals surface area contributed by atoms with Crippen molar-refractivity contribution in [3.8, 4) is 0 Å². The summed E-state index contributed by atoms with van der Waals surface area (Å²) in [4.78, 5) is 29.2.